The normalized spacial score (nSPS) is 12.7. The summed E-state index contributed by atoms with van der Waals surface area (Å²) in [6.07, 6.45) is 1.86. The van der Waals surface area contributed by atoms with E-state index in [9.17, 15) is 0 Å². The minimum absolute atomic E-state index is 0.0858. The molecule has 0 atom stereocenters. The van der Waals surface area contributed by atoms with Crippen LogP contribution in [0.5, 0.6) is 0 Å². The van der Waals surface area contributed by atoms with Crippen LogP contribution in [0.1, 0.15) is 25.0 Å². The molecular formula is C60H43N3. The maximum atomic E-state index is 4.61. The molecule has 0 spiro atoms. The predicted molar refractivity (Wildman–Crippen MR) is 265 cm³/mol. The molecule has 0 amide bonds. The van der Waals surface area contributed by atoms with E-state index < -0.39 is 0 Å². The summed E-state index contributed by atoms with van der Waals surface area (Å²) in [6.45, 7) is 4.72. The minimum atomic E-state index is -0.0858. The van der Waals surface area contributed by atoms with Gasteiger partial charge in [0.1, 0.15) is 0 Å². The molecule has 298 valence electrons. The highest BCUT2D eigenvalue weighted by atomic mass is 15.1. The van der Waals surface area contributed by atoms with Crippen molar-refractivity contribution in [2.75, 3.05) is 4.90 Å². The first kappa shape index (κ1) is 36.8. The summed E-state index contributed by atoms with van der Waals surface area (Å²) in [7, 11) is 0. The third-order valence-corrected chi connectivity index (χ3v) is 13.2. The number of pyridine rings is 1. The Morgan fingerprint density at radius 1 is 0.397 bits per heavy atom. The number of hydrogen-bond donors (Lipinski definition) is 0. The van der Waals surface area contributed by atoms with Crippen molar-refractivity contribution >= 4 is 49.8 Å². The van der Waals surface area contributed by atoms with Crippen molar-refractivity contribution in [3.05, 3.63) is 236 Å². The predicted octanol–water partition coefficient (Wildman–Crippen LogP) is 16.1. The summed E-state index contributed by atoms with van der Waals surface area (Å²) in [5.74, 6) is 0. The van der Waals surface area contributed by atoms with Gasteiger partial charge in [0.05, 0.1) is 22.2 Å². The first-order valence-electron chi connectivity index (χ1n) is 21.8. The van der Waals surface area contributed by atoms with Gasteiger partial charge in [0, 0.05) is 50.4 Å². The number of aromatic nitrogens is 2. The molecule has 0 unspecified atom stereocenters. The van der Waals surface area contributed by atoms with Crippen molar-refractivity contribution in [3.8, 4) is 50.2 Å². The molecule has 0 fully saturated rings. The maximum absolute atomic E-state index is 4.61. The number of rotatable bonds is 7. The molecule has 0 radical (unpaired) electrons. The van der Waals surface area contributed by atoms with Crippen LogP contribution < -0.4 is 4.90 Å². The van der Waals surface area contributed by atoms with Crippen molar-refractivity contribution in [1.29, 1.82) is 0 Å². The molecule has 0 saturated carbocycles. The molecule has 2 heterocycles. The number of para-hydroxylation sites is 3. The second-order valence-corrected chi connectivity index (χ2v) is 17.2. The van der Waals surface area contributed by atoms with Crippen LogP contribution in [0.3, 0.4) is 0 Å². The van der Waals surface area contributed by atoms with Crippen LogP contribution in [0.15, 0.2) is 225 Å². The first-order valence-corrected chi connectivity index (χ1v) is 21.8. The van der Waals surface area contributed by atoms with Crippen LogP contribution in [0, 0.1) is 0 Å². The monoisotopic (exact) mass is 805 g/mol. The van der Waals surface area contributed by atoms with Gasteiger partial charge in [0.25, 0.3) is 0 Å². The van der Waals surface area contributed by atoms with Gasteiger partial charge in [-0.2, -0.15) is 0 Å². The zero-order valence-corrected chi connectivity index (χ0v) is 35.2. The SMILES string of the molecule is CC1(C)c2ccccc2-c2ccc(-n3c4ccccc4c4ccc(-c5cccc(-c6ccccc6N(c6ccccc6)c6ccc(-c7cccc8ncccc78)cc6)c5)cc43)cc21. The molecule has 0 aliphatic heterocycles. The zero-order valence-electron chi connectivity index (χ0n) is 35.2. The highest BCUT2D eigenvalue weighted by Gasteiger charge is 2.35. The Hall–Kier alpha value is -8.01. The van der Waals surface area contributed by atoms with Crippen LogP contribution in [0.25, 0.3) is 82.9 Å². The van der Waals surface area contributed by atoms with Crippen LogP contribution in [-0.2, 0) is 5.41 Å². The Kier molecular flexibility index (Phi) is 8.52. The lowest BCUT2D eigenvalue weighted by molar-refractivity contribution is 0.660. The van der Waals surface area contributed by atoms with Crippen LogP contribution >= 0.6 is 0 Å². The lowest BCUT2D eigenvalue weighted by Gasteiger charge is -2.28. The third-order valence-electron chi connectivity index (χ3n) is 13.2. The molecule has 12 rings (SSSR count). The molecule has 9 aromatic carbocycles. The molecule has 2 aromatic heterocycles. The zero-order chi connectivity index (χ0) is 42.1. The molecule has 11 aromatic rings. The molecule has 3 heteroatoms. The molecule has 0 bridgehead atoms. The summed E-state index contributed by atoms with van der Waals surface area (Å²) in [4.78, 5) is 6.98. The van der Waals surface area contributed by atoms with Gasteiger partial charge in [-0.25, -0.2) is 0 Å². The van der Waals surface area contributed by atoms with E-state index in [1.54, 1.807) is 0 Å². The van der Waals surface area contributed by atoms with Gasteiger partial charge in [-0.15, -0.1) is 0 Å². The molecular weight excluding hydrogens is 763 g/mol. The summed E-state index contributed by atoms with van der Waals surface area (Å²) in [6, 6.07) is 79.7. The van der Waals surface area contributed by atoms with E-state index in [1.807, 2.05) is 12.3 Å². The van der Waals surface area contributed by atoms with Gasteiger partial charge in [-0.3, -0.25) is 4.98 Å². The summed E-state index contributed by atoms with van der Waals surface area (Å²) in [5.41, 5.74) is 20.2. The van der Waals surface area contributed by atoms with E-state index in [-0.39, 0.29) is 5.41 Å². The highest BCUT2D eigenvalue weighted by molar-refractivity contribution is 6.10. The van der Waals surface area contributed by atoms with E-state index in [0.717, 1.165) is 44.7 Å². The second-order valence-electron chi connectivity index (χ2n) is 17.2. The fraction of sp³-hybridized carbons (Fsp3) is 0.0500. The van der Waals surface area contributed by atoms with Crippen molar-refractivity contribution in [2.45, 2.75) is 19.3 Å². The molecule has 63 heavy (non-hydrogen) atoms. The number of hydrogen-bond acceptors (Lipinski definition) is 2. The smallest absolute Gasteiger partial charge is 0.0708 e. The summed E-state index contributed by atoms with van der Waals surface area (Å²) in [5, 5.41) is 3.66. The fourth-order valence-corrected chi connectivity index (χ4v) is 10.2. The Labute approximate surface area is 367 Å². The Bertz CT molecular complexity index is 3540. The topological polar surface area (TPSA) is 21.1 Å². The third kappa shape index (κ3) is 6.00. The Morgan fingerprint density at radius 2 is 1.05 bits per heavy atom. The first-order chi connectivity index (χ1) is 31.0. The van der Waals surface area contributed by atoms with Gasteiger partial charge in [-0.05, 0) is 123 Å². The van der Waals surface area contributed by atoms with E-state index in [1.165, 1.54) is 66.4 Å². The van der Waals surface area contributed by atoms with E-state index in [0.29, 0.717) is 0 Å². The quantitative estimate of drug-likeness (QED) is 0.160. The maximum Gasteiger partial charge on any atom is 0.0708 e. The van der Waals surface area contributed by atoms with E-state index >= 15 is 0 Å². The standard InChI is InChI=1S/C60H43N3/c1-60(2)54-24-9-6-20-49(54)50-35-33-46(39-55(50)60)63-58-27-11-8-21-52(58)53-34-30-42(38-59(53)63)41-15-12-16-43(37-41)48-19-7-10-26-57(48)62(44-17-4-3-5-18-44)45-31-28-40(29-32-45)47-22-13-25-56-51(47)23-14-36-61-56/h3-39H,1-2H3. The van der Waals surface area contributed by atoms with E-state index in [4.69, 9.17) is 0 Å². The van der Waals surface area contributed by atoms with Gasteiger partial charge in [0.15, 0.2) is 0 Å². The number of nitrogens with zero attached hydrogens (tertiary/aromatic N) is 3. The van der Waals surface area contributed by atoms with Gasteiger partial charge < -0.3 is 9.47 Å². The average molecular weight is 806 g/mol. The largest absolute Gasteiger partial charge is 0.310 e. The lowest BCUT2D eigenvalue weighted by Crippen LogP contribution is -2.15. The second kappa shape index (κ2) is 14.6. The van der Waals surface area contributed by atoms with Gasteiger partial charge in [0.2, 0.25) is 0 Å². The molecule has 0 N–H and O–H groups in total. The van der Waals surface area contributed by atoms with Crippen molar-refractivity contribution in [2.24, 2.45) is 0 Å². The Morgan fingerprint density at radius 3 is 1.94 bits per heavy atom. The van der Waals surface area contributed by atoms with Gasteiger partial charge >= 0.3 is 0 Å². The fourth-order valence-electron chi connectivity index (χ4n) is 10.2. The number of fused-ring (bicyclic) bond motifs is 7. The van der Waals surface area contributed by atoms with Crippen LogP contribution in [0.2, 0.25) is 0 Å². The summed E-state index contributed by atoms with van der Waals surface area (Å²) >= 11 is 0. The molecule has 0 saturated heterocycles. The molecule has 1 aliphatic carbocycles. The summed E-state index contributed by atoms with van der Waals surface area (Å²) < 4.78 is 2.47. The number of anilines is 3. The molecule has 1 aliphatic rings. The van der Waals surface area contributed by atoms with Crippen molar-refractivity contribution < 1.29 is 0 Å². The van der Waals surface area contributed by atoms with Crippen molar-refractivity contribution in [3.63, 3.8) is 0 Å². The minimum Gasteiger partial charge on any atom is -0.310 e. The highest BCUT2D eigenvalue weighted by Crippen LogP contribution is 2.50. The van der Waals surface area contributed by atoms with Crippen LogP contribution in [-0.4, -0.2) is 9.55 Å². The molecule has 3 nitrogen and oxygen atoms in total. The number of benzene rings is 9. The lowest BCUT2D eigenvalue weighted by atomic mass is 9.82. The van der Waals surface area contributed by atoms with Gasteiger partial charge in [-0.1, -0.05) is 159 Å². The van der Waals surface area contributed by atoms with Crippen molar-refractivity contribution in [1.82, 2.24) is 9.55 Å². The van der Waals surface area contributed by atoms with E-state index in [2.05, 4.69) is 241 Å². The van der Waals surface area contributed by atoms with Crippen LogP contribution in [0.4, 0.5) is 17.1 Å². The average Bonchev–Trinajstić information content (AvgIpc) is 3.79. The Balaban J connectivity index is 0.957.